The predicted molar refractivity (Wildman–Crippen MR) is 89.2 cm³/mol. The summed E-state index contributed by atoms with van der Waals surface area (Å²) in [5.74, 6) is 3.86. The highest BCUT2D eigenvalue weighted by molar-refractivity contribution is 7.99. The third-order valence-electron chi connectivity index (χ3n) is 3.39. The van der Waals surface area contributed by atoms with Gasteiger partial charge in [0.15, 0.2) is 0 Å². The van der Waals surface area contributed by atoms with Crippen molar-refractivity contribution in [2.24, 2.45) is 5.92 Å². The first-order chi connectivity index (χ1) is 9.15. The van der Waals surface area contributed by atoms with Gasteiger partial charge in [0.05, 0.1) is 0 Å². The molecule has 0 amide bonds. The number of hydrogen-bond donors (Lipinski definition) is 1. The van der Waals surface area contributed by atoms with Crippen molar-refractivity contribution in [2.45, 2.75) is 40.0 Å². The zero-order valence-electron chi connectivity index (χ0n) is 12.9. The van der Waals surface area contributed by atoms with Crippen LogP contribution in [-0.4, -0.2) is 24.6 Å². The Kier molecular flexibility index (Phi) is 8.24. The van der Waals surface area contributed by atoms with Gasteiger partial charge in [0.25, 0.3) is 0 Å². The summed E-state index contributed by atoms with van der Waals surface area (Å²) < 4.78 is 0. The number of hydrogen-bond acceptors (Lipinski definition) is 2. The monoisotopic (exact) mass is 279 g/mol. The maximum absolute atomic E-state index is 3.63. The van der Waals surface area contributed by atoms with Crippen molar-refractivity contribution in [3.63, 3.8) is 0 Å². The van der Waals surface area contributed by atoms with Gasteiger partial charge in [0.2, 0.25) is 0 Å². The zero-order valence-corrected chi connectivity index (χ0v) is 13.7. The summed E-state index contributed by atoms with van der Waals surface area (Å²) >= 11 is 2.05. The fourth-order valence-corrected chi connectivity index (χ4v) is 3.07. The smallest absolute Gasteiger partial charge is 0.00206 e. The van der Waals surface area contributed by atoms with Crippen LogP contribution in [0.1, 0.15) is 44.2 Å². The highest BCUT2D eigenvalue weighted by atomic mass is 32.2. The van der Waals surface area contributed by atoms with Crippen LogP contribution in [0.4, 0.5) is 0 Å². The van der Waals surface area contributed by atoms with Gasteiger partial charge in [0, 0.05) is 6.54 Å². The van der Waals surface area contributed by atoms with Crippen LogP contribution in [0.2, 0.25) is 0 Å². The second-order valence-electron chi connectivity index (χ2n) is 5.59. The normalized spacial score (nSPS) is 12.9. The topological polar surface area (TPSA) is 12.0 Å². The number of benzene rings is 1. The van der Waals surface area contributed by atoms with E-state index in [1.165, 1.54) is 29.1 Å². The van der Waals surface area contributed by atoms with E-state index in [9.17, 15) is 0 Å². The average molecular weight is 279 g/mol. The number of rotatable bonds is 9. The van der Waals surface area contributed by atoms with Crippen LogP contribution in [0.5, 0.6) is 0 Å². The molecule has 0 heterocycles. The van der Waals surface area contributed by atoms with E-state index in [1.54, 1.807) is 0 Å². The van der Waals surface area contributed by atoms with Gasteiger partial charge in [-0.3, -0.25) is 0 Å². The molecule has 0 fully saturated rings. The van der Waals surface area contributed by atoms with Crippen molar-refractivity contribution in [3.8, 4) is 0 Å². The van der Waals surface area contributed by atoms with Crippen molar-refractivity contribution in [3.05, 3.63) is 35.4 Å². The number of aryl methyl sites for hydroxylation is 1. The molecule has 0 aliphatic carbocycles. The Hall–Kier alpha value is -0.470. The summed E-state index contributed by atoms with van der Waals surface area (Å²) in [6.07, 6.45) is 1.27. The lowest BCUT2D eigenvalue weighted by Crippen LogP contribution is -2.26. The van der Waals surface area contributed by atoms with Gasteiger partial charge in [-0.2, -0.15) is 11.8 Å². The van der Waals surface area contributed by atoms with Crippen LogP contribution in [0, 0.1) is 12.8 Å². The summed E-state index contributed by atoms with van der Waals surface area (Å²) in [5, 5.41) is 3.63. The average Bonchev–Trinajstić information content (AvgIpc) is 2.37. The molecule has 0 saturated heterocycles. The molecule has 1 aromatic rings. The molecule has 2 heteroatoms. The first-order valence-electron chi connectivity index (χ1n) is 7.49. The summed E-state index contributed by atoms with van der Waals surface area (Å²) in [4.78, 5) is 0. The Labute approximate surface area is 123 Å². The van der Waals surface area contributed by atoms with Crippen LogP contribution in [0.3, 0.4) is 0 Å². The molecule has 108 valence electrons. The van der Waals surface area contributed by atoms with Gasteiger partial charge in [-0.1, -0.05) is 45.0 Å². The molecule has 0 spiro atoms. The third kappa shape index (κ3) is 6.49. The molecule has 1 atom stereocenters. The molecule has 0 bridgehead atoms. The molecule has 1 rings (SSSR count). The number of nitrogens with one attached hydrogen (secondary N) is 1. The van der Waals surface area contributed by atoms with Crippen LogP contribution in [0.25, 0.3) is 0 Å². The Morgan fingerprint density at radius 2 is 1.89 bits per heavy atom. The van der Waals surface area contributed by atoms with Gasteiger partial charge in [-0.15, -0.1) is 0 Å². The van der Waals surface area contributed by atoms with E-state index >= 15 is 0 Å². The van der Waals surface area contributed by atoms with Gasteiger partial charge >= 0.3 is 0 Å². The SMILES string of the molecule is CCSCCC(CNCC(C)C)c1ccccc1C. The minimum absolute atomic E-state index is 0.652. The third-order valence-corrected chi connectivity index (χ3v) is 4.32. The maximum Gasteiger partial charge on any atom is 0.00206 e. The molecular weight excluding hydrogens is 250 g/mol. The first-order valence-corrected chi connectivity index (χ1v) is 8.64. The molecule has 0 saturated carbocycles. The van der Waals surface area contributed by atoms with Crippen molar-refractivity contribution in [1.29, 1.82) is 0 Å². The second-order valence-corrected chi connectivity index (χ2v) is 6.99. The highest BCUT2D eigenvalue weighted by Crippen LogP contribution is 2.24. The Morgan fingerprint density at radius 1 is 1.16 bits per heavy atom. The minimum Gasteiger partial charge on any atom is -0.316 e. The number of thioether (sulfide) groups is 1. The largest absolute Gasteiger partial charge is 0.316 e. The Balaban J connectivity index is 2.60. The molecule has 0 radical (unpaired) electrons. The lowest BCUT2D eigenvalue weighted by molar-refractivity contribution is 0.510. The van der Waals surface area contributed by atoms with E-state index in [0.717, 1.165) is 19.0 Å². The molecular formula is C17H29NS. The summed E-state index contributed by atoms with van der Waals surface area (Å²) in [6, 6.07) is 8.84. The maximum atomic E-state index is 3.63. The van der Waals surface area contributed by atoms with Gasteiger partial charge in [-0.05, 0) is 54.4 Å². The van der Waals surface area contributed by atoms with E-state index in [2.05, 4.69) is 57.3 Å². The van der Waals surface area contributed by atoms with Gasteiger partial charge in [0.1, 0.15) is 0 Å². The molecule has 0 aliphatic heterocycles. The van der Waals surface area contributed by atoms with Crippen LogP contribution >= 0.6 is 11.8 Å². The van der Waals surface area contributed by atoms with Gasteiger partial charge in [-0.25, -0.2) is 0 Å². The fraction of sp³-hybridized carbons (Fsp3) is 0.647. The van der Waals surface area contributed by atoms with Crippen LogP contribution in [0.15, 0.2) is 24.3 Å². The molecule has 1 unspecified atom stereocenters. The summed E-state index contributed by atoms with van der Waals surface area (Å²) in [6.45, 7) is 11.2. The molecule has 1 nitrogen and oxygen atoms in total. The van der Waals surface area contributed by atoms with E-state index < -0.39 is 0 Å². The van der Waals surface area contributed by atoms with E-state index in [-0.39, 0.29) is 0 Å². The van der Waals surface area contributed by atoms with Crippen LogP contribution in [-0.2, 0) is 0 Å². The molecule has 0 aromatic heterocycles. The fourth-order valence-electron chi connectivity index (χ4n) is 2.33. The zero-order chi connectivity index (χ0) is 14.1. The molecule has 1 N–H and O–H groups in total. The Bertz CT molecular complexity index is 349. The molecule has 1 aromatic carbocycles. The van der Waals surface area contributed by atoms with E-state index in [0.29, 0.717) is 5.92 Å². The molecule has 19 heavy (non-hydrogen) atoms. The minimum atomic E-state index is 0.652. The van der Waals surface area contributed by atoms with E-state index in [4.69, 9.17) is 0 Å². The van der Waals surface area contributed by atoms with E-state index in [1.807, 2.05) is 11.8 Å². The van der Waals surface area contributed by atoms with Crippen molar-refractivity contribution in [1.82, 2.24) is 5.32 Å². The quantitative estimate of drug-likeness (QED) is 0.669. The predicted octanol–water partition coefficient (Wildman–Crippen LogP) is 4.47. The summed E-state index contributed by atoms with van der Waals surface area (Å²) in [5.41, 5.74) is 2.95. The van der Waals surface area contributed by atoms with Gasteiger partial charge < -0.3 is 5.32 Å². The standard InChI is InChI=1S/C17H29NS/c1-5-19-11-10-16(13-18-12-14(2)3)17-9-7-6-8-15(17)4/h6-9,14,16,18H,5,10-13H2,1-4H3. The van der Waals surface area contributed by atoms with Crippen molar-refractivity contribution >= 4 is 11.8 Å². The molecule has 0 aliphatic rings. The first kappa shape index (κ1) is 16.6. The second kappa shape index (κ2) is 9.44. The lowest BCUT2D eigenvalue weighted by atomic mass is 9.92. The Morgan fingerprint density at radius 3 is 2.53 bits per heavy atom. The summed E-state index contributed by atoms with van der Waals surface area (Å²) in [7, 11) is 0. The van der Waals surface area contributed by atoms with Crippen molar-refractivity contribution in [2.75, 3.05) is 24.6 Å². The van der Waals surface area contributed by atoms with Crippen molar-refractivity contribution < 1.29 is 0 Å². The lowest BCUT2D eigenvalue weighted by Gasteiger charge is -2.20. The van der Waals surface area contributed by atoms with Crippen LogP contribution < -0.4 is 5.32 Å². The highest BCUT2D eigenvalue weighted by Gasteiger charge is 2.13.